The average Bonchev–Trinajstić information content (AvgIpc) is 2.75. The number of hydrogen-bond donors (Lipinski definition) is 2. The Labute approximate surface area is 206 Å². The van der Waals surface area contributed by atoms with Gasteiger partial charge in [0.25, 0.3) is 0 Å². The van der Waals surface area contributed by atoms with Crippen LogP contribution in [0.15, 0.2) is 47.5 Å². The van der Waals surface area contributed by atoms with Gasteiger partial charge in [0.2, 0.25) is 5.91 Å². The van der Waals surface area contributed by atoms with E-state index in [1.165, 1.54) is 10.5 Å². The first kappa shape index (κ1) is 26.8. The first-order chi connectivity index (χ1) is 14.4. The molecule has 31 heavy (non-hydrogen) atoms. The van der Waals surface area contributed by atoms with Crippen molar-refractivity contribution in [2.75, 3.05) is 41.4 Å². The number of methoxy groups -OCH3 is 2. The third-order valence-corrected chi connectivity index (χ3v) is 4.70. The second-order valence-electron chi connectivity index (χ2n) is 6.80. The number of halogens is 2. The lowest BCUT2D eigenvalue weighted by Gasteiger charge is -2.15. The van der Waals surface area contributed by atoms with Crippen molar-refractivity contribution < 1.29 is 14.3 Å². The topological polar surface area (TPSA) is 75.2 Å². The van der Waals surface area contributed by atoms with Crippen LogP contribution >= 0.6 is 35.6 Å². The Kier molecular flexibility index (Phi) is 12.1. The summed E-state index contributed by atoms with van der Waals surface area (Å²) in [6, 6.07) is 13.5. The molecule has 0 unspecified atom stereocenters. The molecule has 170 valence electrons. The smallest absolute Gasteiger partial charge is 0.241 e. The van der Waals surface area contributed by atoms with E-state index in [1.807, 2.05) is 42.5 Å². The number of carbonyl (C=O) groups is 1. The second kappa shape index (κ2) is 14.0. The maximum Gasteiger partial charge on any atom is 0.241 e. The molecule has 0 spiro atoms. The van der Waals surface area contributed by atoms with Crippen LogP contribution in [0.25, 0.3) is 0 Å². The number of nitrogens with one attached hydrogen (secondary N) is 2. The Morgan fingerprint density at radius 2 is 1.71 bits per heavy atom. The summed E-state index contributed by atoms with van der Waals surface area (Å²) < 4.78 is 10.4. The van der Waals surface area contributed by atoms with Gasteiger partial charge in [0, 0.05) is 20.6 Å². The van der Waals surface area contributed by atoms with Crippen molar-refractivity contribution in [3.63, 3.8) is 0 Å². The van der Waals surface area contributed by atoms with Gasteiger partial charge in [-0.1, -0.05) is 29.8 Å². The average molecular weight is 561 g/mol. The van der Waals surface area contributed by atoms with Crippen molar-refractivity contribution in [1.29, 1.82) is 0 Å². The second-order valence-corrected chi connectivity index (χ2v) is 7.21. The lowest BCUT2D eigenvalue weighted by molar-refractivity contribution is -0.127. The molecule has 0 aliphatic rings. The Bertz CT molecular complexity index is 860. The fourth-order valence-electron chi connectivity index (χ4n) is 2.59. The molecule has 2 N–H and O–H groups in total. The zero-order chi connectivity index (χ0) is 21.9. The quantitative estimate of drug-likeness (QED) is 0.280. The van der Waals surface area contributed by atoms with E-state index in [4.69, 9.17) is 21.1 Å². The predicted molar refractivity (Wildman–Crippen MR) is 136 cm³/mol. The van der Waals surface area contributed by atoms with E-state index in [0.29, 0.717) is 29.8 Å². The van der Waals surface area contributed by atoms with Crippen molar-refractivity contribution in [3.05, 3.63) is 58.6 Å². The van der Waals surface area contributed by atoms with Gasteiger partial charge in [0.1, 0.15) is 11.5 Å². The fourth-order valence-corrected chi connectivity index (χ4v) is 2.87. The summed E-state index contributed by atoms with van der Waals surface area (Å²) >= 11 is 6.19. The fraction of sp³-hybridized carbons (Fsp3) is 0.364. The molecule has 1 amide bonds. The highest BCUT2D eigenvalue weighted by molar-refractivity contribution is 14.0. The van der Waals surface area contributed by atoms with Gasteiger partial charge in [0.05, 0.1) is 32.3 Å². The molecule has 0 aliphatic carbocycles. The number of nitrogens with zero attached hydrogens (tertiary/aromatic N) is 2. The van der Waals surface area contributed by atoms with E-state index in [0.717, 1.165) is 17.7 Å². The number of benzene rings is 2. The minimum Gasteiger partial charge on any atom is -0.497 e. The summed E-state index contributed by atoms with van der Waals surface area (Å²) in [5.41, 5.74) is 2.12. The molecule has 2 aromatic carbocycles. The molecule has 7 nitrogen and oxygen atoms in total. The summed E-state index contributed by atoms with van der Waals surface area (Å²) in [4.78, 5) is 18.0. The molecule has 0 saturated heterocycles. The molecule has 0 heterocycles. The molecule has 0 atom stereocenters. The lowest BCUT2D eigenvalue weighted by Crippen LogP contribution is -2.43. The van der Waals surface area contributed by atoms with Crippen molar-refractivity contribution in [1.82, 2.24) is 15.5 Å². The highest BCUT2D eigenvalue weighted by atomic mass is 127. The van der Waals surface area contributed by atoms with Crippen LogP contribution in [0.2, 0.25) is 5.02 Å². The zero-order valence-corrected chi connectivity index (χ0v) is 21.4. The number of carbonyl (C=O) groups excluding carboxylic acids is 1. The normalized spacial score (nSPS) is 10.7. The van der Waals surface area contributed by atoms with Crippen molar-refractivity contribution >= 4 is 47.4 Å². The van der Waals surface area contributed by atoms with E-state index in [-0.39, 0.29) is 36.4 Å². The van der Waals surface area contributed by atoms with E-state index in [9.17, 15) is 4.79 Å². The van der Waals surface area contributed by atoms with Crippen LogP contribution in [-0.4, -0.2) is 58.2 Å². The Morgan fingerprint density at radius 3 is 2.29 bits per heavy atom. The van der Waals surface area contributed by atoms with Crippen LogP contribution in [0.3, 0.4) is 0 Å². The molecule has 2 rings (SSSR count). The van der Waals surface area contributed by atoms with Gasteiger partial charge >= 0.3 is 0 Å². The molecule has 0 fully saturated rings. The number of hydrogen-bond acceptors (Lipinski definition) is 4. The maximum absolute atomic E-state index is 11.9. The summed E-state index contributed by atoms with van der Waals surface area (Å²) in [7, 11) is 6.67. The highest BCUT2D eigenvalue weighted by Gasteiger charge is 2.07. The van der Waals surface area contributed by atoms with Crippen molar-refractivity contribution in [2.45, 2.75) is 13.0 Å². The number of guanidine groups is 1. The molecular formula is C22H30ClIN4O3. The molecule has 0 radical (unpaired) electrons. The molecule has 0 bridgehead atoms. The predicted octanol–water partition coefficient (Wildman–Crippen LogP) is 3.34. The van der Waals surface area contributed by atoms with Gasteiger partial charge < -0.3 is 25.0 Å². The summed E-state index contributed by atoms with van der Waals surface area (Å²) in [5.74, 6) is 1.98. The van der Waals surface area contributed by atoms with E-state index >= 15 is 0 Å². The first-order valence-corrected chi connectivity index (χ1v) is 9.98. The number of ether oxygens (including phenoxy) is 2. The van der Waals surface area contributed by atoms with Crippen LogP contribution in [-0.2, 0) is 17.8 Å². The number of rotatable bonds is 9. The van der Waals surface area contributed by atoms with Gasteiger partial charge in [-0.25, -0.2) is 4.99 Å². The van der Waals surface area contributed by atoms with Crippen LogP contribution in [0.1, 0.15) is 11.1 Å². The van der Waals surface area contributed by atoms with Crippen LogP contribution < -0.4 is 20.1 Å². The summed E-state index contributed by atoms with van der Waals surface area (Å²) in [6.45, 7) is 1.24. The highest BCUT2D eigenvalue weighted by Crippen LogP contribution is 2.25. The van der Waals surface area contributed by atoms with Crippen molar-refractivity contribution in [2.24, 2.45) is 4.99 Å². The lowest BCUT2D eigenvalue weighted by atomic mass is 10.1. The summed E-state index contributed by atoms with van der Waals surface area (Å²) in [5, 5.41) is 6.90. The van der Waals surface area contributed by atoms with Gasteiger partial charge in [-0.2, -0.15) is 0 Å². The van der Waals surface area contributed by atoms with E-state index in [1.54, 1.807) is 28.3 Å². The minimum atomic E-state index is -0.0350. The van der Waals surface area contributed by atoms with Crippen LogP contribution in [0.4, 0.5) is 0 Å². The third-order valence-electron chi connectivity index (χ3n) is 4.41. The van der Waals surface area contributed by atoms with E-state index in [2.05, 4.69) is 15.6 Å². The molecule has 2 aromatic rings. The Hall–Kier alpha value is -2.20. The summed E-state index contributed by atoms with van der Waals surface area (Å²) in [6.07, 6.45) is 0.806. The SMILES string of the molecule is COc1ccc(CCNC(=NCc2ccc(OC)c(Cl)c2)NCC(=O)N(C)C)cc1.I. The Morgan fingerprint density at radius 1 is 1.03 bits per heavy atom. The third kappa shape index (κ3) is 9.22. The molecular weight excluding hydrogens is 531 g/mol. The minimum absolute atomic E-state index is 0. The zero-order valence-electron chi connectivity index (χ0n) is 18.3. The van der Waals surface area contributed by atoms with Gasteiger partial charge in [0.15, 0.2) is 5.96 Å². The largest absolute Gasteiger partial charge is 0.497 e. The first-order valence-electron chi connectivity index (χ1n) is 9.60. The van der Waals surface area contributed by atoms with Crippen molar-refractivity contribution in [3.8, 4) is 11.5 Å². The van der Waals surface area contributed by atoms with Gasteiger partial charge in [-0.15, -0.1) is 24.0 Å². The standard InChI is InChI=1S/C22H29ClN4O3.HI/c1-27(2)21(28)15-26-22(24-12-11-16-5-8-18(29-3)9-6-16)25-14-17-7-10-20(30-4)19(23)13-17;/h5-10,13H,11-12,14-15H2,1-4H3,(H2,24,25,26);1H. The number of aliphatic imine (C=N–C) groups is 1. The molecule has 0 aromatic heterocycles. The molecule has 9 heteroatoms. The number of likely N-dealkylation sites (N-methyl/N-ethyl adjacent to an activating group) is 1. The monoisotopic (exact) mass is 560 g/mol. The van der Waals surface area contributed by atoms with Crippen LogP contribution in [0, 0.1) is 0 Å². The van der Waals surface area contributed by atoms with Gasteiger partial charge in [-0.3, -0.25) is 4.79 Å². The van der Waals surface area contributed by atoms with Gasteiger partial charge in [-0.05, 0) is 41.8 Å². The number of amides is 1. The van der Waals surface area contributed by atoms with E-state index < -0.39 is 0 Å². The van der Waals surface area contributed by atoms with Crippen LogP contribution in [0.5, 0.6) is 11.5 Å². The Balaban J connectivity index is 0.00000480. The molecule has 0 saturated carbocycles. The molecule has 0 aliphatic heterocycles. The maximum atomic E-state index is 11.9.